The van der Waals surface area contributed by atoms with Gasteiger partial charge in [-0.05, 0) is 55.2 Å². The molecule has 136 valence electrons. The lowest BCUT2D eigenvalue weighted by Gasteiger charge is -2.20. The third-order valence-electron chi connectivity index (χ3n) is 4.93. The van der Waals surface area contributed by atoms with Crippen molar-refractivity contribution in [1.29, 1.82) is 0 Å². The van der Waals surface area contributed by atoms with Gasteiger partial charge in [0.2, 0.25) is 5.91 Å². The molecule has 4 heteroatoms. The number of amides is 2. The first-order valence-electron chi connectivity index (χ1n) is 9.36. The van der Waals surface area contributed by atoms with Crippen LogP contribution in [0.5, 0.6) is 0 Å². The first kappa shape index (κ1) is 18.2. The second kappa shape index (κ2) is 8.65. The summed E-state index contributed by atoms with van der Waals surface area (Å²) < 4.78 is 0. The highest BCUT2D eigenvalue weighted by Gasteiger charge is 2.20. The molecule has 3 rings (SSSR count). The van der Waals surface area contributed by atoms with E-state index in [4.69, 9.17) is 0 Å². The molecule has 1 saturated carbocycles. The van der Waals surface area contributed by atoms with E-state index in [1.807, 2.05) is 43.3 Å². The topological polar surface area (TPSA) is 58.2 Å². The number of carbonyl (C=O) groups is 2. The summed E-state index contributed by atoms with van der Waals surface area (Å²) in [7, 11) is 0. The Labute approximate surface area is 155 Å². The van der Waals surface area contributed by atoms with Gasteiger partial charge >= 0.3 is 0 Å². The van der Waals surface area contributed by atoms with E-state index in [0.717, 1.165) is 42.5 Å². The highest BCUT2D eigenvalue weighted by molar-refractivity contribution is 6.04. The molecule has 2 aromatic rings. The van der Waals surface area contributed by atoms with E-state index >= 15 is 0 Å². The van der Waals surface area contributed by atoms with Crippen LogP contribution in [0.2, 0.25) is 0 Å². The van der Waals surface area contributed by atoms with Gasteiger partial charge in [0, 0.05) is 23.7 Å². The van der Waals surface area contributed by atoms with E-state index in [2.05, 4.69) is 10.6 Å². The van der Waals surface area contributed by atoms with Crippen LogP contribution in [0.1, 0.15) is 53.6 Å². The normalized spacial score (nSPS) is 14.7. The van der Waals surface area contributed by atoms with Crippen molar-refractivity contribution in [3.05, 3.63) is 65.2 Å². The average molecular weight is 350 g/mol. The maximum Gasteiger partial charge on any atom is 0.255 e. The Morgan fingerprint density at radius 1 is 1.00 bits per heavy atom. The summed E-state index contributed by atoms with van der Waals surface area (Å²) in [6, 6.07) is 15.1. The van der Waals surface area contributed by atoms with Gasteiger partial charge in [-0.1, -0.05) is 43.5 Å². The van der Waals surface area contributed by atoms with Crippen molar-refractivity contribution in [2.24, 2.45) is 5.92 Å². The van der Waals surface area contributed by atoms with Gasteiger partial charge in [0.25, 0.3) is 5.91 Å². The van der Waals surface area contributed by atoms with Gasteiger partial charge in [-0.25, -0.2) is 0 Å². The molecule has 0 aromatic heterocycles. The van der Waals surface area contributed by atoms with Crippen molar-refractivity contribution in [2.45, 2.75) is 45.6 Å². The van der Waals surface area contributed by atoms with Crippen molar-refractivity contribution in [1.82, 2.24) is 5.32 Å². The van der Waals surface area contributed by atoms with Crippen LogP contribution < -0.4 is 10.6 Å². The van der Waals surface area contributed by atoms with Crippen LogP contribution in [0, 0.1) is 12.8 Å². The summed E-state index contributed by atoms with van der Waals surface area (Å²) in [5, 5.41) is 5.93. The highest BCUT2D eigenvalue weighted by Crippen LogP contribution is 2.23. The summed E-state index contributed by atoms with van der Waals surface area (Å²) in [6.07, 6.45) is 5.56. The molecule has 0 unspecified atom stereocenters. The quantitative estimate of drug-likeness (QED) is 0.837. The molecule has 26 heavy (non-hydrogen) atoms. The van der Waals surface area contributed by atoms with Crippen molar-refractivity contribution in [3.63, 3.8) is 0 Å². The lowest BCUT2D eigenvalue weighted by Crippen LogP contribution is -2.31. The zero-order valence-electron chi connectivity index (χ0n) is 15.3. The third-order valence-corrected chi connectivity index (χ3v) is 4.93. The molecule has 0 atom stereocenters. The van der Waals surface area contributed by atoms with Gasteiger partial charge in [-0.2, -0.15) is 0 Å². The molecule has 1 aliphatic carbocycles. The summed E-state index contributed by atoms with van der Waals surface area (Å²) in [4.78, 5) is 24.5. The molecule has 1 fully saturated rings. The van der Waals surface area contributed by atoms with Crippen LogP contribution in [-0.4, -0.2) is 11.8 Å². The first-order chi connectivity index (χ1) is 12.6. The monoisotopic (exact) mass is 350 g/mol. The lowest BCUT2D eigenvalue weighted by atomic mass is 9.88. The Balaban J connectivity index is 1.52. The Morgan fingerprint density at radius 2 is 1.73 bits per heavy atom. The standard InChI is InChI=1S/C22H26N2O2/c1-16-6-5-9-20(14-16)24-22(26)19-12-10-17(11-13-19)15-23-21(25)18-7-3-2-4-8-18/h5-6,9-14,18H,2-4,7-8,15H2,1H3,(H,23,25)(H,24,26). The SMILES string of the molecule is Cc1cccc(NC(=O)c2ccc(CNC(=O)C3CCCCC3)cc2)c1. The van der Waals surface area contributed by atoms with E-state index in [0.29, 0.717) is 12.1 Å². The summed E-state index contributed by atoms with van der Waals surface area (Å²) >= 11 is 0. The zero-order chi connectivity index (χ0) is 18.4. The summed E-state index contributed by atoms with van der Waals surface area (Å²) in [6.45, 7) is 2.50. The molecule has 1 aliphatic rings. The number of rotatable bonds is 5. The number of benzene rings is 2. The number of nitrogens with one attached hydrogen (secondary N) is 2. The molecule has 0 bridgehead atoms. The van der Waals surface area contributed by atoms with Crippen molar-refractivity contribution in [3.8, 4) is 0 Å². The van der Waals surface area contributed by atoms with Gasteiger partial charge < -0.3 is 10.6 Å². The molecule has 0 saturated heterocycles. The predicted molar refractivity (Wildman–Crippen MR) is 104 cm³/mol. The van der Waals surface area contributed by atoms with Crippen LogP contribution in [0.3, 0.4) is 0 Å². The van der Waals surface area contributed by atoms with Gasteiger partial charge in [0.05, 0.1) is 0 Å². The molecule has 4 nitrogen and oxygen atoms in total. The average Bonchev–Trinajstić information content (AvgIpc) is 2.67. The van der Waals surface area contributed by atoms with Gasteiger partial charge in [0.1, 0.15) is 0 Å². The van der Waals surface area contributed by atoms with Gasteiger partial charge in [0.15, 0.2) is 0 Å². The minimum Gasteiger partial charge on any atom is -0.352 e. The minimum atomic E-state index is -0.131. The van der Waals surface area contributed by atoms with Gasteiger partial charge in [-0.3, -0.25) is 9.59 Å². The van der Waals surface area contributed by atoms with E-state index in [1.54, 1.807) is 12.1 Å². The summed E-state index contributed by atoms with van der Waals surface area (Å²) in [5.41, 5.74) is 3.50. The molecule has 2 N–H and O–H groups in total. The second-order valence-corrected chi connectivity index (χ2v) is 7.07. The number of hydrogen-bond donors (Lipinski definition) is 2. The number of hydrogen-bond acceptors (Lipinski definition) is 2. The zero-order valence-corrected chi connectivity index (χ0v) is 15.3. The fourth-order valence-corrected chi connectivity index (χ4v) is 3.40. The highest BCUT2D eigenvalue weighted by atomic mass is 16.2. The Morgan fingerprint density at radius 3 is 2.42 bits per heavy atom. The molecular formula is C22H26N2O2. The van der Waals surface area contributed by atoms with Crippen LogP contribution in [0.15, 0.2) is 48.5 Å². The number of carbonyl (C=O) groups excluding carboxylic acids is 2. The molecule has 2 aromatic carbocycles. The Kier molecular flexibility index (Phi) is 6.05. The van der Waals surface area contributed by atoms with Crippen LogP contribution in [0.25, 0.3) is 0 Å². The molecule has 0 radical (unpaired) electrons. The minimum absolute atomic E-state index is 0.131. The lowest BCUT2D eigenvalue weighted by molar-refractivity contribution is -0.126. The molecule has 2 amide bonds. The van der Waals surface area contributed by atoms with Crippen LogP contribution in [0.4, 0.5) is 5.69 Å². The molecule has 0 aliphatic heterocycles. The van der Waals surface area contributed by atoms with Crippen LogP contribution in [-0.2, 0) is 11.3 Å². The van der Waals surface area contributed by atoms with Crippen molar-refractivity contribution in [2.75, 3.05) is 5.32 Å². The van der Waals surface area contributed by atoms with Crippen LogP contribution >= 0.6 is 0 Å². The van der Waals surface area contributed by atoms with Crippen molar-refractivity contribution >= 4 is 17.5 Å². The molecule has 0 heterocycles. The smallest absolute Gasteiger partial charge is 0.255 e. The van der Waals surface area contributed by atoms with E-state index < -0.39 is 0 Å². The Hall–Kier alpha value is -2.62. The molecular weight excluding hydrogens is 324 g/mol. The van der Waals surface area contributed by atoms with Crippen molar-refractivity contribution < 1.29 is 9.59 Å². The van der Waals surface area contributed by atoms with E-state index in [1.165, 1.54) is 6.42 Å². The third kappa shape index (κ3) is 4.94. The fraction of sp³-hybridized carbons (Fsp3) is 0.364. The fourth-order valence-electron chi connectivity index (χ4n) is 3.40. The maximum absolute atomic E-state index is 12.3. The second-order valence-electron chi connectivity index (χ2n) is 7.07. The summed E-state index contributed by atoms with van der Waals surface area (Å²) in [5.74, 6) is 0.197. The largest absolute Gasteiger partial charge is 0.352 e. The number of anilines is 1. The number of aryl methyl sites for hydroxylation is 1. The molecule has 0 spiro atoms. The predicted octanol–water partition coefficient (Wildman–Crippen LogP) is 4.44. The first-order valence-corrected chi connectivity index (χ1v) is 9.36. The van der Waals surface area contributed by atoms with E-state index in [9.17, 15) is 9.59 Å². The maximum atomic E-state index is 12.3. The van der Waals surface area contributed by atoms with Gasteiger partial charge in [-0.15, -0.1) is 0 Å². The Bertz CT molecular complexity index is 762. The van der Waals surface area contributed by atoms with E-state index in [-0.39, 0.29) is 17.7 Å².